The summed E-state index contributed by atoms with van der Waals surface area (Å²) in [7, 11) is 0. The van der Waals surface area contributed by atoms with Gasteiger partial charge in [0.2, 0.25) is 29.5 Å². The smallest absolute Gasteiger partial charge is 0.407 e. The maximum absolute atomic E-state index is 14.1. The van der Waals surface area contributed by atoms with E-state index in [-0.39, 0.29) is 62.6 Å². The molecular formula is C53H66N9O9PS2. The second kappa shape index (κ2) is 29.5. The molecule has 1 aromatic heterocycles. The molecule has 2 heterocycles. The van der Waals surface area contributed by atoms with E-state index in [1.807, 2.05) is 65.3 Å². The van der Waals surface area contributed by atoms with Crippen LogP contribution in [0.25, 0.3) is 22.5 Å². The molecule has 6 N–H and O–H groups in total. The zero-order chi connectivity index (χ0) is 52.7. The molecule has 74 heavy (non-hydrogen) atoms. The maximum atomic E-state index is 14.1. The van der Waals surface area contributed by atoms with Crippen molar-refractivity contribution in [1.29, 1.82) is 0 Å². The number of hydrogen-bond acceptors (Lipinski definition) is 12. The maximum Gasteiger partial charge on any atom is 0.407 e. The number of alkyl carbamates (subject to hydrolysis) is 1. The lowest BCUT2D eigenvalue weighted by molar-refractivity contribution is -0.124. The molecule has 18 nitrogen and oxygen atoms in total. The van der Waals surface area contributed by atoms with E-state index in [0.29, 0.717) is 62.6 Å². The Morgan fingerprint density at radius 1 is 0.676 bits per heavy atom. The lowest BCUT2D eigenvalue weighted by Gasteiger charge is -2.29. The normalized spacial score (nSPS) is 12.4. The van der Waals surface area contributed by atoms with Crippen molar-refractivity contribution in [1.82, 2.24) is 30.9 Å². The van der Waals surface area contributed by atoms with Crippen molar-refractivity contribution in [3.8, 4) is 22.5 Å². The van der Waals surface area contributed by atoms with Crippen molar-refractivity contribution in [2.45, 2.75) is 102 Å². The standard InChI is InChI=1S/C53H66N9O9PS2/c1-72(69,74)71-32-14-3-2-12-30-54-53(68)70-36-38-22-26-41(27-23-38)57-48(65)34-56-47(64)20-10-11-21-50(67)61-35-40-15-6-7-16-43(40)51-52(44-17-8-9-18-45(44)61)62(60-59-51)31-13-4-5-19-46(63)55-33-49(66)58-42-28-24-39(37-73)25-29-42/h6-9,15-18,22-29,73H,2-5,10-14,19-21,30-37H2,1H3,(H,54,68)(H,55,63)(H,56,64)(H,57,65)(H,58,66)(H,69,74). The number of unbranched alkanes of at least 4 members (excludes halogenated alkanes) is 6. The van der Waals surface area contributed by atoms with Crippen molar-refractivity contribution in [2.75, 3.05) is 48.4 Å². The molecule has 394 valence electrons. The summed E-state index contributed by atoms with van der Waals surface area (Å²) in [5.41, 5.74) is 7.81. The van der Waals surface area contributed by atoms with E-state index in [0.717, 1.165) is 83.4 Å². The van der Waals surface area contributed by atoms with E-state index in [1.54, 1.807) is 41.3 Å². The molecule has 5 aromatic rings. The zero-order valence-corrected chi connectivity index (χ0v) is 44.3. The number of nitrogens with one attached hydrogen (secondary N) is 5. The Labute approximate surface area is 442 Å². The Hall–Kier alpha value is -6.44. The minimum Gasteiger partial charge on any atom is -0.445 e. The zero-order valence-electron chi connectivity index (χ0n) is 41.7. The van der Waals surface area contributed by atoms with Crippen LogP contribution in [0.2, 0.25) is 0 Å². The topological polar surface area (TPSA) is 235 Å². The fourth-order valence-corrected chi connectivity index (χ4v) is 9.04. The molecule has 6 amide bonds. The van der Waals surface area contributed by atoms with Gasteiger partial charge in [0.1, 0.15) is 12.3 Å². The number of carbonyl (C=O) groups excluding carboxylic acids is 6. The minimum absolute atomic E-state index is 0.0567. The van der Waals surface area contributed by atoms with Crippen LogP contribution in [0.3, 0.4) is 0 Å². The number of fused-ring (bicyclic) bond motifs is 5. The van der Waals surface area contributed by atoms with Gasteiger partial charge in [0.25, 0.3) is 0 Å². The van der Waals surface area contributed by atoms with Crippen molar-refractivity contribution >= 4 is 83.6 Å². The van der Waals surface area contributed by atoms with Crippen LogP contribution in [0.4, 0.5) is 21.9 Å². The fraction of sp³-hybridized carbons (Fsp3) is 0.396. The first-order valence-electron chi connectivity index (χ1n) is 24.9. The fourth-order valence-electron chi connectivity index (χ4n) is 8.14. The first-order chi connectivity index (χ1) is 35.8. The lowest BCUT2D eigenvalue weighted by atomic mass is 9.95. The van der Waals surface area contributed by atoms with Gasteiger partial charge in [-0.3, -0.25) is 24.0 Å². The van der Waals surface area contributed by atoms with Gasteiger partial charge in [0.15, 0.2) is 6.49 Å². The van der Waals surface area contributed by atoms with Gasteiger partial charge in [-0.15, -0.1) is 5.10 Å². The van der Waals surface area contributed by atoms with Gasteiger partial charge >= 0.3 is 6.09 Å². The third-order valence-electron chi connectivity index (χ3n) is 12.0. The highest BCUT2D eigenvalue weighted by Gasteiger charge is 2.29. The Morgan fingerprint density at radius 3 is 1.92 bits per heavy atom. The van der Waals surface area contributed by atoms with E-state index in [4.69, 9.17) is 21.1 Å². The molecule has 0 bridgehead atoms. The first-order valence-corrected chi connectivity index (χ1v) is 28.7. The SMILES string of the molecule is CP(O)(=S)OCCCCCCNC(=O)OCc1ccc(NC(=O)CNC(=O)CCCCC(=O)N2Cc3ccccc3-c3nnn(CCCCCC(=O)NCC(=O)Nc4ccc(CS)cc4)c3-c3ccccc32)cc1. The first kappa shape index (κ1) is 56.8. The van der Waals surface area contributed by atoms with E-state index in [1.165, 1.54) is 6.66 Å². The second-order valence-corrected chi connectivity index (χ2v) is 22.1. The number of thiol groups is 1. The third-order valence-corrected chi connectivity index (χ3v) is 13.3. The molecule has 21 heteroatoms. The number of carbonyl (C=O) groups is 6. The minimum atomic E-state index is -2.62. The third kappa shape index (κ3) is 18.8. The summed E-state index contributed by atoms with van der Waals surface area (Å²) in [4.78, 5) is 87.9. The number of aryl methyl sites for hydroxylation is 1. The highest BCUT2D eigenvalue weighted by atomic mass is 32.5. The molecule has 6 rings (SSSR count). The molecule has 0 radical (unpaired) electrons. The molecule has 1 atom stereocenters. The Balaban J connectivity index is 0.901. The molecule has 0 aliphatic carbocycles. The monoisotopic (exact) mass is 1070 g/mol. The number of hydrogen-bond donors (Lipinski definition) is 7. The van der Waals surface area contributed by atoms with Crippen molar-refractivity contribution < 1.29 is 42.9 Å². The summed E-state index contributed by atoms with van der Waals surface area (Å²) in [5, 5.41) is 22.8. The van der Waals surface area contributed by atoms with Crippen LogP contribution in [-0.2, 0) is 70.5 Å². The summed E-state index contributed by atoms with van der Waals surface area (Å²) in [6.45, 7) is 0.369. The second-order valence-electron chi connectivity index (χ2n) is 17.9. The van der Waals surface area contributed by atoms with Crippen LogP contribution >= 0.6 is 19.1 Å². The summed E-state index contributed by atoms with van der Waals surface area (Å²) in [6.07, 6.45) is 6.42. The number of anilines is 3. The number of ether oxygens (including phenoxy) is 1. The molecule has 1 unspecified atom stereocenters. The number of aromatic nitrogens is 3. The van der Waals surface area contributed by atoms with Crippen LogP contribution in [0, 0.1) is 0 Å². The van der Waals surface area contributed by atoms with Crippen LogP contribution < -0.4 is 31.5 Å². The van der Waals surface area contributed by atoms with Gasteiger partial charge in [-0.25, -0.2) is 9.48 Å². The van der Waals surface area contributed by atoms with Crippen LogP contribution in [0.5, 0.6) is 0 Å². The quantitative estimate of drug-likeness (QED) is 0.0143. The lowest BCUT2D eigenvalue weighted by Crippen LogP contribution is -2.33. The van der Waals surface area contributed by atoms with Gasteiger partial charge in [-0.2, -0.15) is 12.6 Å². The molecule has 1 aliphatic rings. The molecule has 0 saturated carbocycles. The Kier molecular flexibility index (Phi) is 22.6. The van der Waals surface area contributed by atoms with E-state index in [2.05, 4.69) is 49.5 Å². The van der Waals surface area contributed by atoms with Gasteiger partial charge in [0, 0.05) is 67.3 Å². The van der Waals surface area contributed by atoms with Gasteiger partial charge in [-0.1, -0.05) is 91.2 Å². The van der Waals surface area contributed by atoms with E-state index >= 15 is 0 Å². The van der Waals surface area contributed by atoms with Gasteiger partial charge in [-0.05, 0) is 97.4 Å². The van der Waals surface area contributed by atoms with Crippen LogP contribution in [-0.4, -0.2) is 88.4 Å². The van der Waals surface area contributed by atoms with Gasteiger partial charge in [0.05, 0.1) is 37.6 Å². The summed E-state index contributed by atoms with van der Waals surface area (Å²) >= 11 is 9.10. The number of para-hydroxylation sites is 1. The van der Waals surface area contributed by atoms with Crippen molar-refractivity contribution in [2.24, 2.45) is 0 Å². The predicted molar refractivity (Wildman–Crippen MR) is 293 cm³/mol. The summed E-state index contributed by atoms with van der Waals surface area (Å²) in [6, 6.07) is 29.8. The number of rotatable bonds is 28. The molecule has 4 aromatic carbocycles. The number of benzene rings is 4. The predicted octanol–water partition coefficient (Wildman–Crippen LogP) is 8.25. The van der Waals surface area contributed by atoms with E-state index < -0.39 is 18.5 Å². The average Bonchev–Trinajstić information content (AvgIpc) is 3.80. The average molecular weight is 1070 g/mol. The number of amides is 6. The van der Waals surface area contributed by atoms with Crippen LogP contribution in [0.1, 0.15) is 93.7 Å². The Bertz CT molecular complexity index is 2730. The molecule has 0 spiro atoms. The molecular weight excluding hydrogens is 1000 g/mol. The Morgan fingerprint density at radius 2 is 1.26 bits per heavy atom. The largest absolute Gasteiger partial charge is 0.445 e. The molecule has 0 fully saturated rings. The summed E-state index contributed by atoms with van der Waals surface area (Å²) < 4.78 is 12.4. The summed E-state index contributed by atoms with van der Waals surface area (Å²) in [5.74, 6) is -0.701. The van der Waals surface area contributed by atoms with Crippen LogP contribution in [0.15, 0.2) is 97.1 Å². The molecule has 1 aliphatic heterocycles. The molecule has 0 saturated heterocycles. The van der Waals surface area contributed by atoms with E-state index in [9.17, 15) is 33.7 Å². The number of nitrogens with zero attached hydrogens (tertiary/aromatic N) is 4. The highest BCUT2D eigenvalue weighted by molar-refractivity contribution is 8.09. The highest BCUT2D eigenvalue weighted by Crippen LogP contribution is 2.41. The van der Waals surface area contributed by atoms with Gasteiger partial charge < -0.3 is 45.6 Å². The van der Waals surface area contributed by atoms with Crippen molar-refractivity contribution in [3.05, 3.63) is 114 Å². The van der Waals surface area contributed by atoms with Crippen molar-refractivity contribution in [3.63, 3.8) is 0 Å².